The first-order valence-electron chi connectivity index (χ1n) is 10.6. The van der Waals surface area contributed by atoms with Crippen molar-refractivity contribution >= 4 is 10.9 Å². The van der Waals surface area contributed by atoms with Crippen LogP contribution in [0.3, 0.4) is 0 Å². The Kier molecular flexibility index (Phi) is 4.84. The van der Waals surface area contributed by atoms with Crippen LogP contribution in [0.25, 0.3) is 10.9 Å². The predicted molar refractivity (Wildman–Crippen MR) is 117 cm³/mol. The number of aryl methyl sites for hydroxylation is 5. The van der Waals surface area contributed by atoms with Gasteiger partial charge in [-0.15, -0.1) is 5.10 Å². The summed E-state index contributed by atoms with van der Waals surface area (Å²) >= 11 is 0. The molecule has 0 spiro atoms. The van der Waals surface area contributed by atoms with Crippen molar-refractivity contribution in [2.24, 2.45) is 27.1 Å². The summed E-state index contributed by atoms with van der Waals surface area (Å²) in [5, 5.41) is 14.4. The van der Waals surface area contributed by atoms with E-state index in [4.69, 9.17) is 9.84 Å². The molecule has 0 saturated heterocycles. The number of ether oxygens (including phenoxy) is 1. The fourth-order valence-electron chi connectivity index (χ4n) is 4.25. The molecule has 3 heterocycles. The summed E-state index contributed by atoms with van der Waals surface area (Å²) in [5.41, 5.74) is 4.03. The molecule has 1 fully saturated rings. The lowest BCUT2D eigenvalue weighted by Crippen LogP contribution is -2.24. The Morgan fingerprint density at radius 1 is 1.10 bits per heavy atom. The van der Waals surface area contributed by atoms with Gasteiger partial charge in [-0.1, -0.05) is 18.2 Å². The molecule has 3 aromatic heterocycles. The quantitative estimate of drug-likeness (QED) is 0.460. The third kappa shape index (κ3) is 3.85. The molecule has 8 heteroatoms. The topological polar surface area (TPSA) is 79.8 Å². The zero-order valence-corrected chi connectivity index (χ0v) is 18.0. The lowest BCUT2D eigenvalue weighted by Gasteiger charge is -2.09. The molecule has 0 N–H and O–H groups in total. The summed E-state index contributed by atoms with van der Waals surface area (Å²) in [5.74, 6) is 1.32. The van der Waals surface area contributed by atoms with Gasteiger partial charge in [0.2, 0.25) is 5.88 Å². The molecule has 1 saturated carbocycles. The molecule has 0 amide bonds. The van der Waals surface area contributed by atoms with Crippen LogP contribution in [0, 0.1) is 5.92 Å². The second kappa shape index (κ2) is 7.68. The zero-order chi connectivity index (χ0) is 21.5. The van der Waals surface area contributed by atoms with Crippen molar-refractivity contribution in [2.75, 3.05) is 6.61 Å². The molecule has 1 aliphatic rings. The van der Waals surface area contributed by atoms with Gasteiger partial charge in [0.15, 0.2) is 0 Å². The molecule has 2 atom stereocenters. The second-order valence-corrected chi connectivity index (χ2v) is 8.40. The van der Waals surface area contributed by atoms with Crippen molar-refractivity contribution < 1.29 is 4.74 Å². The van der Waals surface area contributed by atoms with Gasteiger partial charge in [-0.3, -0.25) is 14.2 Å². The van der Waals surface area contributed by atoms with Gasteiger partial charge >= 0.3 is 0 Å². The predicted octanol–water partition coefficient (Wildman–Crippen LogP) is 2.37. The van der Waals surface area contributed by atoms with Crippen molar-refractivity contribution in [3.05, 3.63) is 69.9 Å². The van der Waals surface area contributed by atoms with Gasteiger partial charge in [-0.2, -0.15) is 10.2 Å². The molecule has 1 aliphatic carbocycles. The van der Waals surface area contributed by atoms with Gasteiger partial charge in [0, 0.05) is 56.2 Å². The van der Waals surface area contributed by atoms with Crippen LogP contribution >= 0.6 is 0 Å². The van der Waals surface area contributed by atoms with E-state index in [-0.39, 0.29) is 5.56 Å². The Morgan fingerprint density at radius 2 is 1.94 bits per heavy atom. The number of nitrogens with zero attached hydrogens (tertiary/aromatic N) is 6. The van der Waals surface area contributed by atoms with E-state index < -0.39 is 0 Å². The van der Waals surface area contributed by atoms with E-state index in [0.29, 0.717) is 36.3 Å². The first-order chi connectivity index (χ1) is 15.0. The number of aromatic nitrogens is 6. The molecule has 8 nitrogen and oxygen atoms in total. The Hall–Kier alpha value is -3.42. The van der Waals surface area contributed by atoms with Crippen LogP contribution in [0.4, 0.5) is 0 Å². The molecule has 4 aromatic rings. The Balaban J connectivity index is 1.25. The highest BCUT2D eigenvalue weighted by molar-refractivity contribution is 5.82. The minimum Gasteiger partial charge on any atom is -0.476 e. The smallest absolute Gasteiger partial charge is 0.269 e. The van der Waals surface area contributed by atoms with E-state index in [1.54, 1.807) is 17.8 Å². The maximum Gasteiger partial charge on any atom is 0.269 e. The summed E-state index contributed by atoms with van der Waals surface area (Å²) in [6, 6.07) is 10.1. The number of para-hydroxylation sites is 1. The summed E-state index contributed by atoms with van der Waals surface area (Å²) in [6.07, 6.45) is 6.24. The fourth-order valence-corrected chi connectivity index (χ4v) is 4.25. The van der Waals surface area contributed by atoms with Crippen LogP contribution in [0.15, 0.2) is 47.5 Å². The molecule has 0 radical (unpaired) electrons. The first-order valence-corrected chi connectivity index (χ1v) is 10.6. The Morgan fingerprint density at radius 3 is 2.74 bits per heavy atom. The molecule has 0 unspecified atom stereocenters. The third-order valence-corrected chi connectivity index (χ3v) is 6.06. The van der Waals surface area contributed by atoms with Crippen LogP contribution in [-0.2, 0) is 34.0 Å². The van der Waals surface area contributed by atoms with Gasteiger partial charge in [-0.25, -0.2) is 4.68 Å². The SMILES string of the molecule is Cn1cc(CCc2cc(OC[C@H]3C[C@@H]3c3nn(C)c4ccccc34)nn(C)c2=O)cn1. The molecule has 160 valence electrons. The summed E-state index contributed by atoms with van der Waals surface area (Å²) in [4.78, 5) is 12.5. The standard InChI is InChI=1S/C23H26N6O2/c1-27-13-15(12-24-27)8-9-16-11-21(25-29(3)23(16)30)31-14-17-10-19(17)22-18-6-4-5-7-20(18)28(2)26-22/h4-7,11-13,17,19H,8-10,14H2,1-3H3/t17-,19+/m1/s1. The monoisotopic (exact) mass is 418 g/mol. The second-order valence-electron chi connectivity index (χ2n) is 8.40. The van der Waals surface area contributed by atoms with Gasteiger partial charge in [0.1, 0.15) is 0 Å². The van der Waals surface area contributed by atoms with E-state index in [1.807, 2.05) is 37.2 Å². The maximum absolute atomic E-state index is 12.5. The Bertz CT molecular complexity index is 1300. The number of rotatable bonds is 7. The maximum atomic E-state index is 12.5. The number of hydrogen-bond acceptors (Lipinski definition) is 5. The van der Waals surface area contributed by atoms with Crippen LogP contribution < -0.4 is 10.3 Å². The van der Waals surface area contributed by atoms with Crippen LogP contribution in [0.1, 0.15) is 29.2 Å². The van der Waals surface area contributed by atoms with Crippen molar-refractivity contribution in [3.8, 4) is 5.88 Å². The van der Waals surface area contributed by atoms with Crippen molar-refractivity contribution in [1.82, 2.24) is 29.3 Å². The van der Waals surface area contributed by atoms with Gasteiger partial charge in [0.25, 0.3) is 5.56 Å². The highest BCUT2D eigenvalue weighted by atomic mass is 16.5. The van der Waals surface area contributed by atoms with Gasteiger partial charge < -0.3 is 4.74 Å². The average molecular weight is 419 g/mol. The number of fused-ring (bicyclic) bond motifs is 1. The minimum absolute atomic E-state index is 0.0829. The fraction of sp³-hybridized carbons (Fsp3) is 0.391. The van der Waals surface area contributed by atoms with Crippen LogP contribution in [0.5, 0.6) is 5.88 Å². The van der Waals surface area contributed by atoms with E-state index in [2.05, 4.69) is 28.4 Å². The minimum atomic E-state index is -0.0829. The summed E-state index contributed by atoms with van der Waals surface area (Å²) in [7, 11) is 5.55. The van der Waals surface area contributed by atoms with Crippen LogP contribution in [0.2, 0.25) is 0 Å². The molecular formula is C23H26N6O2. The lowest BCUT2D eigenvalue weighted by atomic mass is 10.1. The molecule has 0 aliphatic heterocycles. The van der Waals surface area contributed by atoms with E-state index >= 15 is 0 Å². The molecule has 31 heavy (non-hydrogen) atoms. The highest BCUT2D eigenvalue weighted by Crippen LogP contribution is 2.48. The van der Waals surface area contributed by atoms with Crippen molar-refractivity contribution in [1.29, 1.82) is 0 Å². The highest BCUT2D eigenvalue weighted by Gasteiger charge is 2.42. The van der Waals surface area contributed by atoms with Gasteiger partial charge in [0.05, 0.1) is 24.0 Å². The molecule has 1 aromatic carbocycles. The largest absolute Gasteiger partial charge is 0.476 e. The van der Waals surface area contributed by atoms with Crippen molar-refractivity contribution in [3.63, 3.8) is 0 Å². The third-order valence-electron chi connectivity index (χ3n) is 6.06. The van der Waals surface area contributed by atoms with Crippen LogP contribution in [-0.4, -0.2) is 35.9 Å². The van der Waals surface area contributed by atoms with Crippen molar-refractivity contribution in [2.45, 2.75) is 25.2 Å². The number of hydrogen-bond donors (Lipinski definition) is 0. The van der Waals surface area contributed by atoms with E-state index in [1.165, 1.54) is 10.1 Å². The Labute approximate surface area is 180 Å². The molecule has 0 bridgehead atoms. The number of benzene rings is 1. The summed E-state index contributed by atoms with van der Waals surface area (Å²) < 4.78 is 11.1. The van der Waals surface area contributed by atoms with Gasteiger partial charge in [-0.05, 0) is 30.9 Å². The van der Waals surface area contributed by atoms with E-state index in [0.717, 1.165) is 29.6 Å². The lowest BCUT2D eigenvalue weighted by molar-refractivity contribution is 0.277. The molecule has 5 rings (SSSR count). The summed E-state index contributed by atoms with van der Waals surface area (Å²) in [6.45, 7) is 0.572. The normalized spacial score (nSPS) is 17.9. The zero-order valence-electron chi connectivity index (χ0n) is 18.0. The molecular weight excluding hydrogens is 392 g/mol. The average Bonchev–Trinajstić information content (AvgIpc) is 3.29. The van der Waals surface area contributed by atoms with E-state index in [9.17, 15) is 4.79 Å². The first kappa shape index (κ1) is 19.5.